The van der Waals surface area contributed by atoms with E-state index in [0.29, 0.717) is 0 Å². The van der Waals surface area contributed by atoms with E-state index in [9.17, 15) is 0 Å². The highest BCUT2D eigenvalue weighted by atomic mass is 32.1. The highest BCUT2D eigenvalue weighted by Gasteiger charge is 1.92. The first-order valence-corrected chi connectivity index (χ1v) is 4.06. The Morgan fingerprint density at radius 1 is 1.18 bits per heavy atom. The lowest BCUT2D eigenvalue weighted by atomic mass is 10.2. The number of thiol groups is 1. The molecule has 0 atom stereocenters. The predicted octanol–water partition coefficient (Wildman–Crippen LogP) is 2.04. The molecule has 0 aliphatic carbocycles. The van der Waals surface area contributed by atoms with E-state index in [1.165, 1.54) is 5.56 Å². The molecule has 0 aliphatic heterocycles. The first-order valence-electron chi connectivity index (χ1n) is 3.61. The highest BCUT2D eigenvalue weighted by molar-refractivity contribution is 7.80. The van der Waals surface area contributed by atoms with Crippen LogP contribution in [0.3, 0.4) is 0 Å². The first-order chi connectivity index (χ1) is 5.18. The van der Waals surface area contributed by atoms with E-state index in [4.69, 9.17) is 0 Å². The van der Waals surface area contributed by atoms with Crippen LogP contribution in [0, 0.1) is 0 Å². The van der Waals surface area contributed by atoms with Gasteiger partial charge in [0.15, 0.2) is 0 Å². The summed E-state index contributed by atoms with van der Waals surface area (Å²) >= 11 is 4.21. The number of hydrogen-bond donors (Lipinski definition) is 1. The number of benzene rings is 1. The van der Waals surface area contributed by atoms with E-state index < -0.39 is 0 Å². The molecule has 0 aromatic heterocycles. The van der Waals surface area contributed by atoms with E-state index in [-0.39, 0.29) is 0 Å². The summed E-state index contributed by atoms with van der Waals surface area (Å²) < 4.78 is 0. The number of nitrogens with zero attached hydrogens (tertiary/aromatic N) is 1. The normalized spacial score (nSPS) is 10.5. The molecule has 1 rings (SSSR count). The van der Waals surface area contributed by atoms with Crippen LogP contribution >= 0.6 is 12.6 Å². The van der Waals surface area contributed by atoms with Gasteiger partial charge >= 0.3 is 0 Å². The Hall–Kier alpha value is -0.470. The summed E-state index contributed by atoms with van der Waals surface area (Å²) in [6.45, 7) is 0.994. The van der Waals surface area contributed by atoms with E-state index in [2.05, 4.69) is 43.8 Å². The van der Waals surface area contributed by atoms with Crippen LogP contribution in [-0.4, -0.2) is 19.0 Å². The standard InChI is InChI=1S/C9H13NS/c1-10(2)7-8-3-5-9(11)6-4-8/h3-6,11H,7H2,1-2H3. The van der Waals surface area contributed by atoms with Crippen LogP contribution in [0.25, 0.3) is 0 Å². The Morgan fingerprint density at radius 3 is 2.18 bits per heavy atom. The van der Waals surface area contributed by atoms with Crippen molar-refractivity contribution in [1.82, 2.24) is 4.90 Å². The second-order valence-corrected chi connectivity index (χ2v) is 3.42. The SMILES string of the molecule is CN(C)Cc1ccc(S)cc1. The fraction of sp³-hybridized carbons (Fsp3) is 0.333. The van der Waals surface area contributed by atoms with Crippen LogP contribution in [0.1, 0.15) is 5.56 Å². The second-order valence-electron chi connectivity index (χ2n) is 2.90. The zero-order valence-corrected chi connectivity index (χ0v) is 7.81. The van der Waals surface area contributed by atoms with E-state index >= 15 is 0 Å². The summed E-state index contributed by atoms with van der Waals surface area (Å²) in [5.74, 6) is 0. The van der Waals surface area contributed by atoms with E-state index in [1.807, 2.05) is 12.1 Å². The third-order valence-electron chi connectivity index (χ3n) is 1.44. The molecule has 0 saturated heterocycles. The average molecular weight is 167 g/mol. The van der Waals surface area contributed by atoms with Gasteiger partial charge < -0.3 is 4.90 Å². The van der Waals surface area contributed by atoms with Crippen LogP contribution in [0.4, 0.5) is 0 Å². The molecule has 0 N–H and O–H groups in total. The molecule has 0 radical (unpaired) electrons. The summed E-state index contributed by atoms with van der Waals surface area (Å²) in [6.07, 6.45) is 0. The maximum absolute atomic E-state index is 4.21. The van der Waals surface area contributed by atoms with E-state index in [0.717, 1.165) is 11.4 Å². The van der Waals surface area contributed by atoms with Crippen molar-refractivity contribution >= 4 is 12.6 Å². The Morgan fingerprint density at radius 2 is 1.73 bits per heavy atom. The third kappa shape index (κ3) is 2.95. The zero-order chi connectivity index (χ0) is 8.27. The molecular formula is C9H13NS. The molecule has 1 aromatic carbocycles. The predicted molar refractivity (Wildman–Crippen MR) is 51.1 cm³/mol. The lowest BCUT2D eigenvalue weighted by Gasteiger charge is -2.08. The molecule has 0 fully saturated rings. The lowest BCUT2D eigenvalue weighted by molar-refractivity contribution is 0.402. The fourth-order valence-electron chi connectivity index (χ4n) is 0.967. The molecule has 60 valence electrons. The van der Waals surface area contributed by atoms with Crippen LogP contribution in [-0.2, 0) is 6.54 Å². The average Bonchev–Trinajstić information content (AvgIpc) is 1.93. The van der Waals surface area contributed by atoms with Gasteiger partial charge in [0.2, 0.25) is 0 Å². The molecule has 0 heterocycles. The maximum Gasteiger partial charge on any atom is 0.0227 e. The van der Waals surface area contributed by atoms with Crippen LogP contribution < -0.4 is 0 Å². The van der Waals surface area contributed by atoms with Gasteiger partial charge in [-0.15, -0.1) is 12.6 Å². The van der Waals surface area contributed by atoms with Gasteiger partial charge in [0.05, 0.1) is 0 Å². The van der Waals surface area contributed by atoms with Crippen molar-refractivity contribution < 1.29 is 0 Å². The summed E-state index contributed by atoms with van der Waals surface area (Å²) in [7, 11) is 4.13. The van der Waals surface area contributed by atoms with Gasteiger partial charge in [-0.2, -0.15) is 0 Å². The van der Waals surface area contributed by atoms with Crippen molar-refractivity contribution in [1.29, 1.82) is 0 Å². The summed E-state index contributed by atoms with van der Waals surface area (Å²) in [6, 6.07) is 8.23. The topological polar surface area (TPSA) is 3.24 Å². The summed E-state index contributed by atoms with van der Waals surface area (Å²) in [4.78, 5) is 3.17. The monoisotopic (exact) mass is 167 g/mol. The zero-order valence-electron chi connectivity index (χ0n) is 6.91. The molecule has 0 aliphatic rings. The minimum atomic E-state index is 0.994. The second kappa shape index (κ2) is 3.79. The minimum absolute atomic E-state index is 0.994. The Bertz CT molecular complexity index is 216. The van der Waals surface area contributed by atoms with Gasteiger partial charge in [-0.3, -0.25) is 0 Å². The van der Waals surface area contributed by atoms with Gasteiger partial charge in [-0.1, -0.05) is 12.1 Å². The quantitative estimate of drug-likeness (QED) is 0.660. The maximum atomic E-state index is 4.21. The molecule has 11 heavy (non-hydrogen) atoms. The Labute approximate surface area is 73.4 Å². The van der Waals surface area contributed by atoms with Crippen molar-refractivity contribution in [3.8, 4) is 0 Å². The molecule has 0 spiro atoms. The summed E-state index contributed by atoms with van der Waals surface area (Å²) in [5, 5.41) is 0. The van der Waals surface area contributed by atoms with Crippen molar-refractivity contribution in [2.24, 2.45) is 0 Å². The van der Waals surface area contributed by atoms with Gasteiger partial charge in [0.25, 0.3) is 0 Å². The Balaban J connectivity index is 2.66. The molecular weight excluding hydrogens is 154 g/mol. The molecule has 1 aromatic rings. The molecule has 1 nitrogen and oxygen atoms in total. The van der Waals surface area contributed by atoms with Crippen LogP contribution in [0.15, 0.2) is 29.2 Å². The van der Waals surface area contributed by atoms with Crippen molar-refractivity contribution in [2.75, 3.05) is 14.1 Å². The molecule has 0 saturated carbocycles. The molecule has 0 amide bonds. The van der Waals surface area contributed by atoms with Gasteiger partial charge in [0.1, 0.15) is 0 Å². The minimum Gasteiger partial charge on any atom is -0.305 e. The molecule has 0 unspecified atom stereocenters. The smallest absolute Gasteiger partial charge is 0.0227 e. The van der Waals surface area contributed by atoms with Crippen LogP contribution in [0.2, 0.25) is 0 Å². The van der Waals surface area contributed by atoms with Gasteiger partial charge in [-0.25, -0.2) is 0 Å². The number of hydrogen-bond acceptors (Lipinski definition) is 2. The first kappa shape index (κ1) is 8.62. The number of rotatable bonds is 2. The van der Waals surface area contributed by atoms with E-state index in [1.54, 1.807) is 0 Å². The third-order valence-corrected chi connectivity index (χ3v) is 1.73. The van der Waals surface area contributed by atoms with Crippen molar-refractivity contribution in [3.63, 3.8) is 0 Å². The van der Waals surface area contributed by atoms with Crippen molar-refractivity contribution in [3.05, 3.63) is 29.8 Å². The van der Waals surface area contributed by atoms with Crippen molar-refractivity contribution in [2.45, 2.75) is 11.4 Å². The van der Waals surface area contributed by atoms with Crippen LogP contribution in [0.5, 0.6) is 0 Å². The highest BCUT2D eigenvalue weighted by Crippen LogP contribution is 2.08. The van der Waals surface area contributed by atoms with Gasteiger partial charge in [0, 0.05) is 11.4 Å². The van der Waals surface area contributed by atoms with Gasteiger partial charge in [-0.05, 0) is 31.8 Å². The molecule has 0 bridgehead atoms. The molecule has 2 heteroatoms. The summed E-state index contributed by atoms with van der Waals surface area (Å²) in [5.41, 5.74) is 1.33. The largest absolute Gasteiger partial charge is 0.305 e. The Kier molecular flexibility index (Phi) is 2.97. The lowest BCUT2D eigenvalue weighted by Crippen LogP contribution is -2.10. The fourth-order valence-corrected chi connectivity index (χ4v) is 1.12.